The molecule has 2 fully saturated rings. The molecule has 1 N–H and O–H groups in total. The largest absolute Gasteiger partial charge is 0.490 e. The Morgan fingerprint density at radius 3 is 2.51 bits per heavy atom. The van der Waals surface area contributed by atoms with Gasteiger partial charge in [0, 0.05) is 31.6 Å². The molecule has 1 aromatic heterocycles. The first kappa shape index (κ1) is 25.9. The maximum absolute atomic E-state index is 13.5. The first-order chi connectivity index (χ1) is 17.5. The van der Waals surface area contributed by atoms with Gasteiger partial charge in [-0.1, -0.05) is 6.07 Å². The summed E-state index contributed by atoms with van der Waals surface area (Å²) in [6.07, 6.45) is -3.12. The van der Waals surface area contributed by atoms with Crippen LogP contribution in [0.5, 0.6) is 5.88 Å². The molecule has 0 bridgehead atoms. The minimum Gasteiger partial charge on any atom is -0.475 e. The lowest BCUT2D eigenvalue weighted by atomic mass is 10.1. The number of amides is 1. The standard InChI is InChI=1S/C21H20FN5O3.C2HF3O2/c22-17-4-1-13(7-15(17)9-23)12-30-18-8-19-26-6-5-25(20(28)14-2-3-14)10-16(26)11-27(19)21(29)24-18;3-2(4,5)1(6)7/h1,4,7-8,14,16H,2-3,5-6,10-12H2;(H,6,7). The van der Waals surface area contributed by atoms with Crippen LogP contribution in [0.1, 0.15) is 24.0 Å². The molecule has 1 aliphatic carbocycles. The van der Waals surface area contributed by atoms with E-state index in [9.17, 15) is 27.2 Å². The molecule has 1 saturated carbocycles. The summed E-state index contributed by atoms with van der Waals surface area (Å²) in [7, 11) is 0. The smallest absolute Gasteiger partial charge is 0.475 e. The highest BCUT2D eigenvalue weighted by Gasteiger charge is 2.41. The zero-order valence-corrected chi connectivity index (χ0v) is 19.2. The van der Waals surface area contributed by atoms with Crippen molar-refractivity contribution in [1.29, 1.82) is 5.26 Å². The van der Waals surface area contributed by atoms with Crippen molar-refractivity contribution in [2.75, 3.05) is 24.5 Å². The van der Waals surface area contributed by atoms with Gasteiger partial charge in [-0.2, -0.15) is 23.4 Å². The third kappa shape index (κ3) is 5.82. The lowest BCUT2D eigenvalue weighted by molar-refractivity contribution is -0.192. The van der Waals surface area contributed by atoms with Gasteiger partial charge in [0.25, 0.3) is 0 Å². The number of benzene rings is 1. The van der Waals surface area contributed by atoms with Crippen LogP contribution in [0.15, 0.2) is 29.1 Å². The van der Waals surface area contributed by atoms with Crippen molar-refractivity contribution in [3.63, 3.8) is 0 Å². The number of carboxylic acid groups (broad SMARTS) is 1. The van der Waals surface area contributed by atoms with Gasteiger partial charge >= 0.3 is 17.8 Å². The molecule has 0 spiro atoms. The topological polar surface area (TPSA) is 129 Å². The monoisotopic (exact) mass is 523 g/mol. The number of ether oxygens (including phenoxy) is 1. The average molecular weight is 523 g/mol. The van der Waals surface area contributed by atoms with Crippen molar-refractivity contribution in [3.8, 4) is 11.9 Å². The molecule has 1 unspecified atom stereocenters. The number of hydrogen-bond acceptors (Lipinski definition) is 7. The van der Waals surface area contributed by atoms with Crippen molar-refractivity contribution < 1.29 is 37.0 Å². The van der Waals surface area contributed by atoms with Gasteiger partial charge in [0.2, 0.25) is 11.8 Å². The number of carboxylic acids is 1. The second-order valence-corrected chi connectivity index (χ2v) is 8.77. The van der Waals surface area contributed by atoms with Gasteiger partial charge in [0.1, 0.15) is 24.3 Å². The van der Waals surface area contributed by atoms with E-state index in [4.69, 9.17) is 19.9 Å². The first-order valence-corrected chi connectivity index (χ1v) is 11.3. The number of nitriles is 1. The first-order valence-electron chi connectivity index (χ1n) is 11.3. The molecule has 196 valence electrons. The molecule has 14 heteroatoms. The van der Waals surface area contributed by atoms with Crippen molar-refractivity contribution in [2.24, 2.45) is 5.92 Å². The highest BCUT2D eigenvalue weighted by molar-refractivity contribution is 5.81. The summed E-state index contributed by atoms with van der Waals surface area (Å²) in [5.41, 5.74) is 0.161. The number of piperazine rings is 1. The highest BCUT2D eigenvalue weighted by atomic mass is 19.4. The Balaban J connectivity index is 0.000000405. The number of anilines is 1. The minimum atomic E-state index is -5.08. The van der Waals surface area contributed by atoms with Gasteiger partial charge in [-0.3, -0.25) is 9.36 Å². The van der Waals surface area contributed by atoms with Crippen LogP contribution >= 0.6 is 0 Å². The number of carbonyl (C=O) groups is 2. The van der Waals surface area contributed by atoms with Gasteiger partial charge in [-0.15, -0.1) is 0 Å². The van der Waals surface area contributed by atoms with Gasteiger partial charge in [-0.05, 0) is 30.5 Å². The summed E-state index contributed by atoms with van der Waals surface area (Å²) in [6, 6.07) is 7.75. The molecule has 10 nitrogen and oxygen atoms in total. The molecule has 3 aliphatic rings. The van der Waals surface area contributed by atoms with Gasteiger partial charge in [-0.25, -0.2) is 14.0 Å². The van der Waals surface area contributed by atoms with E-state index in [0.29, 0.717) is 31.7 Å². The Morgan fingerprint density at radius 1 is 1.19 bits per heavy atom. The average Bonchev–Trinajstić information content (AvgIpc) is 3.64. The Labute approximate surface area is 207 Å². The SMILES string of the molecule is N#Cc1cc(COc2cc3n(c(=O)n2)CC2CN(C(=O)C4CC4)CCN32)ccc1F.O=C(O)C(F)(F)F. The highest BCUT2D eigenvalue weighted by Crippen LogP contribution is 2.34. The lowest BCUT2D eigenvalue weighted by Crippen LogP contribution is -2.54. The maximum atomic E-state index is 13.5. The number of rotatable bonds is 4. The summed E-state index contributed by atoms with van der Waals surface area (Å²) >= 11 is 0. The number of hydrogen-bond donors (Lipinski definition) is 1. The number of nitrogens with zero attached hydrogens (tertiary/aromatic N) is 5. The van der Waals surface area contributed by atoms with E-state index in [2.05, 4.69) is 9.88 Å². The predicted octanol–water partition coefficient (Wildman–Crippen LogP) is 1.91. The summed E-state index contributed by atoms with van der Waals surface area (Å²) in [5, 5.41) is 16.1. The Hall–Kier alpha value is -4.15. The van der Waals surface area contributed by atoms with Crippen molar-refractivity contribution in [2.45, 2.75) is 38.2 Å². The van der Waals surface area contributed by atoms with E-state index >= 15 is 0 Å². The number of alkyl halides is 3. The molecule has 2 aliphatic heterocycles. The molecule has 3 heterocycles. The minimum absolute atomic E-state index is 0.0560. The van der Waals surface area contributed by atoms with Crippen LogP contribution < -0.4 is 15.3 Å². The number of halogens is 4. The zero-order chi connectivity index (χ0) is 26.9. The molecule has 1 aromatic carbocycles. The van der Waals surface area contributed by atoms with E-state index in [1.807, 2.05) is 4.90 Å². The van der Waals surface area contributed by atoms with Crippen LogP contribution in [-0.4, -0.2) is 63.3 Å². The normalized spacial score (nSPS) is 18.2. The van der Waals surface area contributed by atoms with Crippen LogP contribution in [0.2, 0.25) is 0 Å². The van der Waals surface area contributed by atoms with Crippen LogP contribution in [0.3, 0.4) is 0 Å². The van der Waals surface area contributed by atoms with E-state index in [-0.39, 0.29) is 35.9 Å². The van der Waals surface area contributed by atoms with Gasteiger partial charge in [0.15, 0.2) is 0 Å². The maximum Gasteiger partial charge on any atom is 0.490 e. The molecule has 1 saturated heterocycles. The summed E-state index contributed by atoms with van der Waals surface area (Å²) in [5.74, 6) is -1.99. The number of carbonyl (C=O) groups excluding carboxylic acids is 1. The van der Waals surface area contributed by atoms with Crippen molar-refractivity contribution in [1.82, 2.24) is 14.5 Å². The molecule has 0 radical (unpaired) electrons. The predicted molar refractivity (Wildman–Crippen MR) is 118 cm³/mol. The number of fused-ring (bicyclic) bond motifs is 3. The van der Waals surface area contributed by atoms with Gasteiger partial charge < -0.3 is 19.6 Å². The lowest BCUT2D eigenvalue weighted by Gasteiger charge is -2.38. The summed E-state index contributed by atoms with van der Waals surface area (Å²) < 4.78 is 52.5. The zero-order valence-electron chi connectivity index (χ0n) is 19.2. The molecular weight excluding hydrogens is 502 g/mol. The van der Waals surface area contributed by atoms with Crippen LogP contribution in [0.25, 0.3) is 0 Å². The molecule has 37 heavy (non-hydrogen) atoms. The Bertz CT molecular complexity index is 1320. The third-order valence-corrected chi connectivity index (χ3v) is 6.15. The second-order valence-electron chi connectivity index (χ2n) is 8.77. The van der Waals surface area contributed by atoms with Crippen molar-refractivity contribution >= 4 is 17.7 Å². The Kier molecular flexibility index (Phi) is 7.06. The third-order valence-electron chi connectivity index (χ3n) is 6.15. The molecule has 2 aromatic rings. The molecular formula is C23H21F4N5O5. The Morgan fingerprint density at radius 2 is 1.89 bits per heavy atom. The fourth-order valence-corrected chi connectivity index (χ4v) is 4.17. The van der Waals surface area contributed by atoms with Crippen LogP contribution in [-0.2, 0) is 22.7 Å². The fraction of sp³-hybridized carbons (Fsp3) is 0.435. The molecule has 5 rings (SSSR count). The fourth-order valence-electron chi connectivity index (χ4n) is 4.17. The number of aliphatic carboxylic acids is 1. The summed E-state index contributed by atoms with van der Waals surface area (Å²) in [6.45, 7) is 2.48. The van der Waals surface area contributed by atoms with Gasteiger partial charge in [0.05, 0.1) is 18.2 Å². The van der Waals surface area contributed by atoms with E-state index in [1.54, 1.807) is 16.7 Å². The van der Waals surface area contributed by atoms with E-state index in [1.165, 1.54) is 18.2 Å². The second kappa shape index (κ2) is 10.1. The van der Waals surface area contributed by atoms with E-state index < -0.39 is 23.7 Å². The molecule has 1 amide bonds. The van der Waals surface area contributed by atoms with E-state index in [0.717, 1.165) is 18.7 Å². The van der Waals surface area contributed by atoms with Crippen LogP contribution in [0, 0.1) is 23.1 Å². The summed E-state index contributed by atoms with van der Waals surface area (Å²) in [4.78, 5) is 41.9. The van der Waals surface area contributed by atoms with Crippen LogP contribution in [0.4, 0.5) is 23.4 Å². The number of aromatic nitrogens is 2. The van der Waals surface area contributed by atoms with Crippen molar-refractivity contribution in [3.05, 3.63) is 51.7 Å². The molecule has 1 atom stereocenters. The quantitative estimate of drug-likeness (QED) is 0.602.